The third-order valence-electron chi connectivity index (χ3n) is 3.13. The maximum Gasteiger partial charge on any atom is 0.125 e. The third kappa shape index (κ3) is 3.54. The van der Waals surface area contributed by atoms with Gasteiger partial charge in [-0.3, -0.25) is 4.98 Å². The molecule has 1 aromatic carbocycles. The summed E-state index contributed by atoms with van der Waals surface area (Å²) in [7, 11) is 0. The summed E-state index contributed by atoms with van der Waals surface area (Å²) in [4.78, 5) is 4.42. The molecule has 4 heteroatoms. The number of rotatable bonds is 5. The average molecular weight is 286 g/mol. The minimum absolute atomic E-state index is 0.416. The number of aryl methyl sites for hydroxylation is 2. The van der Waals surface area contributed by atoms with E-state index in [2.05, 4.69) is 4.98 Å². The van der Waals surface area contributed by atoms with E-state index < -0.39 is 0 Å². The van der Waals surface area contributed by atoms with E-state index in [1.165, 1.54) is 5.56 Å². The molecule has 2 aromatic rings. The smallest absolute Gasteiger partial charge is 0.125 e. The number of nitrogens with zero attached hydrogens (tertiary/aromatic N) is 1. The molecule has 1 aromatic heterocycles. The van der Waals surface area contributed by atoms with Crippen molar-refractivity contribution in [1.29, 1.82) is 0 Å². The Labute approximate surface area is 124 Å². The quantitative estimate of drug-likeness (QED) is 0.859. The number of benzene rings is 1. The van der Waals surface area contributed by atoms with E-state index in [0.717, 1.165) is 28.9 Å². The van der Waals surface area contributed by atoms with Crippen molar-refractivity contribution in [2.75, 3.05) is 6.61 Å². The summed E-state index contributed by atoms with van der Waals surface area (Å²) < 4.78 is 5.90. The predicted octanol–water partition coefficient (Wildman–Crippen LogP) is 2.95. The van der Waals surface area contributed by atoms with Gasteiger partial charge in [0.2, 0.25) is 0 Å². The van der Waals surface area contributed by atoms with Gasteiger partial charge in [-0.1, -0.05) is 12.2 Å². The van der Waals surface area contributed by atoms with E-state index in [9.17, 15) is 0 Å². The fourth-order valence-corrected chi connectivity index (χ4v) is 2.26. The van der Waals surface area contributed by atoms with Crippen LogP contribution in [0, 0.1) is 13.8 Å². The van der Waals surface area contributed by atoms with Gasteiger partial charge in [0.25, 0.3) is 0 Å². The van der Waals surface area contributed by atoms with Gasteiger partial charge in [0.1, 0.15) is 10.7 Å². The zero-order valence-electron chi connectivity index (χ0n) is 11.7. The second-order valence-electron chi connectivity index (χ2n) is 4.76. The van der Waals surface area contributed by atoms with Crippen molar-refractivity contribution in [3.63, 3.8) is 0 Å². The van der Waals surface area contributed by atoms with Gasteiger partial charge in [0.15, 0.2) is 0 Å². The highest BCUT2D eigenvalue weighted by atomic mass is 32.1. The van der Waals surface area contributed by atoms with Gasteiger partial charge < -0.3 is 10.5 Å². The largest absolute Gasteiger partial charge is 0.493 e. The van der Waals surface area contributed by atoms with Crippen LogP contribution in [0.4, 0.5) is 0 Å². The maximum absolute atomic E-state index is 5.90. The monoisotopic (exact) mass is 286 g/mol. The molecule has 0 unspecified atom stereocenters. The number of nitrogens with two attached hydrogens (primary N) is 1. The van der Waals surface area contributed by atoms with Crippen LogP contribution in [0.25, 0.3) is 0 Å². The molecular formula is C16H18N2OS. The molecule has 20 heavy (non-hydrogen) atoms. The van der Waals surface area contributed by atoms with Crippen LogP contribution >= 0.6 is 12.2 Å². The minimum Gasteiger partial charge on any atom is -0.493 e. The molecule has 0 radical (unpaired) electrons. The molecule has 2 rings (SSSR count). The van der Waals surface area contributed by atoms with E-state index in [1.54, 1.807) is 12.4 Å². The maximum atomic E-state index is 5.90. The summed E-state index contributed by atoms with van der Waals surface area (Å²) in [6.45, 7) is 4.66. The molecule has 0 aliphatic carbocycles. The highest BCUT2D eigenvalue weighted by molar-refractivity contribution is 7.80. The van der Waals surface area contributed by atoms with Crippen LogP contribution in [0.1, 0.15) is 22.3 Å². The zero-order valence-corrected chi connectivity index (χ0v) is 12.5. The van der Waals surface area contributed by atoms with Crippen LogP contribution in [0.2, 0.25) is 0 Å². The molecule has 0 aliphatic rings. The van der Waals surface area contributed by atoms with Gasteiger partial charge in [-0.2, -0.15) is 0 Å². The summed E-state index contributed by atoms with van der Waals surface area (Å²) in [5, 5.41) is 0. The molecule has 1 heterocycles. The van der Waals surface area contributed by atoms with Gasteiger partial charge in [-0.25, -0.2) is 0 Å². The minimum atomic E-state index is 0.416. The molecule has 0 amide bonds. The lowest BCUT2D eigenvalue weighted by Gasteiger charge is -2.13. The Balaban J connectivity index is 2.05. The van der Waals surface area contributed by atoms with E-state index in [-0.39, 0.29) is 0 Å². The first-order chi connectivity index (χ1) is 9.58. The summed E-state index contributed by atoms with van der Waals surface area (Å²) in [6.07, 6.45) is 4.45. The van der Waals surface area contributed by atoms with Crippen molar-refractivity contribution in [2.24, 2.45) is 5.73 Å². The molecule has 0 fully saturated rings. The van der Waals surface area contributed by atoms with E-state index >= 15 is 0 Å². The Hall–Kier alpha value is -1.94. The highest BCUT2D eigenvalue weighted by Crippen LogP contribution is 2.25. The van der Waals surface area contributed by atoms with Crippen molar-refractivity contribution in [2.45, 2.75) is 20.3 Å². The summed E-state index contributed by atoms with van der Waals surface area (Å²) in [6, 6.07) is 7.94. The average Bonchev–Trinajstić information content (AvgIpc) is 2.42. The first kappa shape index (κ1) is 14.5. The first-order valence-corrected chi connectivity index (χ1v) is 6.91. The molecule has 0 aliphatic heterocycles. The van der Waals surface area contributed by atoms with Crippen LogP contribution in [-0.4, -0.2) is 16.6 Å². The molecule has 0 bridgehead atoms. The molecular weight excluding hydrogens is 268 g/mol. The second kappa shape index (κ2) is 6.48. The zero-order chi connectivity index (χ0) is 14.5. The normalized spacial score (nSPS) is 10.3. The van der Waals surface area contributed by atoms with Gasteiger partial charge in [0, 0.05) is 24.4 Å². The number of ether oxygens (including phenoxy) is 1. The van der Waals surface area contributed by atoms with Crippen LogP contribution in [0.5, 0.6) is 5.75 Å². The Morgan fingerprint density at radius 2 is 1.80 bits per heavy atom. The van der Waals surface area contributed by atoms with Crippen molar-refractivity contribution < 1.29 is 4.74 Å². The number of pyridine rings is 1. The molecule has 3 nitrogen and oxygen atoms in total. The van der Waals surface area contributed by atoms with Crippen molar-refractivity contribution in [3.05, 3.63) is 58.9 Å². The number of hydrogen-bond acceptors (Lipinski definition) is 3. The SMILES string of the molecule is Cc1cc(C(N)=S)cc(C)c1OCCc1ccncc1. The van der Waals surface area contributed by atoms with E-state index in [0.29, 0.717) is 11.6 Å². The lowest BCUT2D eigenvalue weighted by Crippen LogP contribution is -2.11. The topological polar surface area (TPSA) is 48.1 Å². The molecule has 0 atom stereocenters. The number of hydrogen-bond donors (Lipinski definition) is 1. The summed E-state index contributed by atoms with van der Waals surface area (Å²) in [5.41, 5.74) is 9.88. The summed E-state index contributed by atoms with van der Waals surface area (Å²) >= 11 is 5.01. The van der Waals surface area contributed by atoms with Crippen molar-refractivity contribution in [3.8, 4) is 5.75 Å². The molecule has 2 N–H and O–H groups in total. The Morgan fingerprint density at radius 3 is 2.35 bits per heavy atom. The van der Waals surface area contributed by atoms with Crippen molar-refractivity contribution >= 4 is 17.2 Å². The van der Waals surface area contributed by atoms with Crippen LogP contribution in [-0.2, 0) is 6.42 Å². The van der Waals surface area contributed by atoms with Gasteiger partial charge in [-0.05, 0) is 54.8 Å². The van der Waals surface area contributed by atoms with Crippen molar-refractivity contribution in [1.82, 2.24) is 4.98 Å². The lowest BCUT2D eigenvalue weighted by atomic mass is 10.1. The Bertz CT molecular complexity index is 588. The number of thiocarbonyl (C=S) groups is 1. The lowest BCUT2D eigenvalue weighted by molar-refractivity contribution is 0.317. The second-order valence-corrected chi connectivity index (χ2v) is 5.20. The predicted molar refractivity (Wildman–Crippen MR) is 85.2 cm³/mol. The van der Waals surface area contributed by atoms with E-state index in [1.807, 2.05) is 38.1 Å². The standard InChI is InChI=1S/C16H18N2OS/c1-11-9-14(16(17)20)10-12(2)15(11)19-8-5-13-3-6-18-7-4-13/h3-4,6-7,9-10H,5,8H2,1-2H3,(H2,17,20). The van der Waals surface area contributed by atoms with Gasteiger partial charge >= 0.3 is 0 Å². The van der Waals surface area contributed by atoms with Crippen LogP contribution < -0.4 is 10.5 Å². The molecule has 0 saturated carbocycles. The first-order valence-electron chi connectivity index (χ1n) is 6.50. The summed E-state index contributed by atoms with van der Waals surface area (Å²) in [5.74, 6) is 0.916. The van der Waals surface area contributed by atoms with Gasteiger partial charge in [-0.15, -0.1) is 0 Å². The molecule has 104 valence electrons. The third-order valence-corrected chi connectivity index (χ3v) is 3.37. The van der Waals surface area contributed by atoms with E-state index in [4.69, 9.17) is 22.7 Å². The fraction of sp³-hybridized carbons (Fsp3) is 0.250. The van der Waals surface area contributed by atoms with Crippen LogP contribution in [0.3, 0.4) is 0 Å². The highest BCUT2D eigenvalue weighted by Gasteiger charge is 2.08. The Kier molecular flexibility index (Phi) is 4.69. The van der Waals surface area contributed by atoms with Gasteiger partial charge in [0.05, 0.1) is 6.61 Å². The number of aromatic nitrogens is 1. The molecule has 0 spiro atoms. The fourth-order valence-electron chi connectivity index (χ4n) is 2.14. The molecule has 0 saturated heterocycles. The Morgan fingerprint density at radius 1 is 1.20 bits per heavy atom. The van der Waals surface area contributed by atoms with Crippen LogP contribution in [0.15, 0.2) is 36.7 Å².